The maximum Gasteiger partial charge on any atom is 0.175 e. The minimum atomic E-state index is 0.564. The summed E-state index contributed by atoms with van der Waals surface area (Å²) in [4.78, 5) is 14.7. The molecule has 2 N–H and O–H groups in total. The number of hydrogen-bond donors (Lipinski definition) is 2. The molecule has 0 amide bonds. The van der Waals surface area contributed by atoms with Gasteiger partial charge in [-0.1, -0.05) is 6.58 Å². The summed E-state index contributed by atoms with van der Waals surface area (Å²) in [5.41, 5.74) is 2.59. The Labute approximate surface area is 108 Å². The molecule has 5 heteroatoms. The lowest BCUT2D eigenvalue weighted by Crippen LogP contribution is -2.22. The Morgan fingerprint density at radius 3 is 2.83 bits per heavy atom. The van der Waals surface area contributed by atoms with Crippen LogP contribution in [0.5, 0.6) is 0 Å². The van der Waals surface area contributed by atoms with Gasteiger partial charge >= 0.3 is 0 Å². The summed E-state index contributed by atoms with van der Waals surface area (Å²) in [5, 5.41) is 1.60. The molecule has 0 saturated heterocycles. The Morgan fingerprint density at radius 2 is 2.06 bits per heavy atom. The molecule has 0 atom stereocenters. The van der Waals surface area contributed by atoms with Crippen LogP contribution < -0.4 is 10.7 Å². The average Bonchev–Trinajstić information content (AvgIpc) is 2.68. The fourth-order valence-corrected chi connectivity index (χ4v) is 1.99. The lowest BCUT2D eigenvalue weighted by Gasteiger charge is -1.96. The van der Waals surface area contributed by atoms with Gasteiger partial charge in [0.15, 0.2) is 4.77 Å². The summed E-state index contributed by atoms with van der Waals surface area (Å²) >= 11 is 5.01. The Morgan fingerprint density at radius 1 is 1.17 bits per heavy atom. The van der Waals surface area contributed by atoms with Gasteiger partial charge in [0.25, 0.3) is 0 Å². The second-order valence-corrected chi connectivity index (χ2v) is 4.30. The van der Waals surface area contributed by atoms with Crippen molar-refractivity contribution in [3.8, 4) is 0 Å². The van der Waals surface area contributed by atoms with Crippen LogP contribution in [0.2, 0.25) is 0 Å². The largest absolute Gasteiger partial charge is 0.331 e. The number of rotatable bonds is 1. The van der Waals surface area contributed by atoms with E-state index in [1.807, 2.05) is 30.3 Å². The first-order valence-electron chi connectivity index (χ1n) is 5.43. The van der Waals surface area contributed by atoms with Crippen LogP contribution in [0.25, 0.3) is 23.7 Å². The van der Waals surface area contributed by atoms with Gasteiger partial charge in [-0.15, -0.1) is 0 Å². The van der Waals surface area contributed by atoms with Gasteiger partial charge in [0.05, 0.1) is 27.4 Å². The smallest absolute Gasteiger partial charge is 0.175 e. The highest BCUT2D eigenvalue weighted by atomic mass is 32.1. The zero-order valence-corrected chi connectivity index (χ0v) is 10.3. The monoisotopic (exact) mass is 254 g/mol. The van der Waals surface area contributed by atoms with Crippen LogP contribution in [0.1, 0.15) is 5.69 Å². The Balaban J connectivity index is 2.21. The van der Waals surface area contributed by atoms with Crippen molar-refractivity contribution in [2.24, 2.45) is 0 Å². The molecule has 0 bridgehead atoms. The van der Waals surface area contributed by atoms with Crippen molar-refractivity contribution in [3.05, 3.63) is 51.6 Å². The molecule has 0 aromatic carbocycles. The van der Waals surface area contributed by atoms with Crippen molar-refractivity contribution >= 4 is 35.9 Å². The molecule has 0 radical (unpaired) electrons. The van der Waals surface area contributed by atoms with Crippen molar-refractivity contribution in [3.63, 3.8) is 0 Å². The summed E-state index contributed by atoms with van der Waals surface area (Å²) < 4.78 is 0.564. The van der Waals surface area contributed by atoms with Crippen LogP contribution in [0.15, 0.2) is 30.5 Å². The molecule has 0 spiro atoms. The van der Waals surface area contributed by atoms with Gasteiger partial charge in [-0.2, -0.15) is 0 Å². The van der Waals surface area contributed by atoms with Crippen LogP contribution in [0.3, 0.4) is 0 Å². The van der Waals surface area contributed by atoms with E-state index in [4.69, 9.17) is 12.2 Å². The molecule has 3 rings (SSSR count). The summed E-state index contributed by atoms with van der Waals surface area (Å²) in [6.45, 7) is 3.87. The Hall–Kier alpha value is -2.27. The molecule has 0 aliphatic carbocycles. The minimum Gasteiger partial charge on any atom is -0.331 e. The summed E-state index contributed by atoms with van der Waals surface area (Å²) in [7, 11) is 0. The lowest BCUT2D eigenvalue weighted by molar-refractivity contribution is 1.24. The number of imidazole rings is 1. The standard InChI is InChI=1S/C13H10N4S/c1-8-12(17-13(18)15-8)7-9-4-5-10-11(16-9)3-2-6-14-10/h2-7H,1H2,(H2,15,17,18)/b12-7-. The van der Waals surface area contributed by atoms with Crippen molar-refractivity contribution in [2.75, 3.05) is 0 Å². The van der Waals surface area contributed by atoms with Gasteiger partial charge < -0.3 is 9.97 Å². The third-order valence-corrected chi connectivity index (χ3v) is 2.81. The van der Waals surface area contributed by atoms with E-state index in [9.17, 15) is 0 Å². The fraction of sp³-hybridized carbons (Fsp3) is 0. The minimum absolute atomic E-state index is 0.564. The van der Waals surface area contributed by atoms with Gasteiger partial charge in [0.1, 0.15) is 0 Å². The van der Waals surface area contributed by atoms with E-state index < -0.39 is 0 Å². The van der Waals surface area contributed by atoms with Crippen molar-refractivity contribution in [1.29, 1.82) is 0 Å². The van der Waals surface area contributed by atoms with Crippen molar-refractivity contribution in [2.45, 2.75) is 0 Å². The molecular weight excluding hydrogens is 244 g/mol. The van der Waals surface area contributed by atoms with E-state index in [1.165, 1.54) is 0 Å². The average molecular weight is 254 g/mol. The molecule has 88 valence electrons. The number of H-pyrrole nitrogens is 2. The predicted octanol–water partition coefficient (Wildman–Crippen LogP) is 1.25. The molecule has 0 unspecified atom stereocenters. The van der Waals surface area contributed by atoms with Gasteiger partial charge in [0.2, 0.25) is 0 Å². The van der Waals surface area contributed by atoms with Gasteiger partial charge in [-0.3, -0.25) is 4.98 Å². The lowest BCUT2D eigenvalue weighted by atomic mass is 10.2. The number of pyridine rings is 2. The molecule has 0 saturated carbocycles. The van der Waals surface area contributed by atoms with Gasteiger partial charge in [0, 0.05) is 6.20 Å². The number of aromatic amines is 2. The van der Waals surface area contributed by atoms with E-state index in [0.717, 1.165) is 27.4 Å². The number of nitrogens with one attached hydrogen (secondary N) is 2. The summed E-state index contributed by atoms with van der Waals surface area (Å²) in [5.74, 6) is 0. The molecule has 3 aromatic heterocycles. The third-order valence-electron chi connectivity index (χ3n) is 2.61. The number of hydrogen-bond acceptors (Lipinski definition) is 3. The van der Waals surface area contributed by atoms with Crippen LogP contribution >= 0.6 is 12.2 Å². The first-order valence-corrected chi connectivity index (χ1v) is 5.84. The molecule has 4 nitrogen and oxygen atoms in total. The highest BCUT2D eigenvalue weighted by molar-refractivity contribution is 7.71. The Kier molecular flexibility index (Phi) is 2.53. The third kappa shape index (κ3) is 1.96. The van der Waals surface area contributed by atoms with Crippen LogP contribution in [0, 0.1) is 4.77 Å². The molecule has 0 aliphatic heterocycles. The van der Waals surface area contributed by atoms with Crippen LogP contribution in [-0.4, -0.2) is 19.9 Å². The topological polar surface area (TPSA) is 57.4 Å². The van der Waals surface area contributed by atoms with Crippen LogP contribution in [0.4, 0.5) is 0 Å². The molecule has 0 fully saturated rings. The second-order valence-electron chi connectivity index (χ2n) is 3.89. The van der Waals surface area contributed by atoms with E-state index in [0.29, 0.717) is 4.77 Å². The summed E-state index contributed by atoms with van der Waals surface area (Å²) in [6, 6.07) is 7.66. The SMILES string of the molecule is C=c1[nH]c(=S)[nH]/c1=C\c1ccc2ncccc2n1. The predicted molar refractivity (Wildman–Crippen MR) is 73.9 cm³/mol. The van der Waals surface area contributed by atoms with Crippen LogP contribution in [-0.2, 0) is 0 Å². The highest BCUT2D eigenvalue weighted by Gasteiger charge is 1.96. The first-order chi connectivity index (χ1) is 8.72. The van der Waals surface area contributed by atoms with Gasteiger partial charge in [-0.05, 0) is 42.6 Å². The van der Waals surface area contributed by atoms with Crippen molar-refractivity contribution in [1.82, 2.24) is 19.9 Å². The second kappa shape index (κ2) is 4.19. The van der Waals surface area contributed by atoms with Gasteiger partial charge in [-0.25, -0.2) is 4.98 Å². The molecule has 3 aromatic rings. The molecular formula is C13H10N4S. The summed E-state index contributed by atoms with van der Waals surface area (Å²) in [6.07, 6.45) is 3.66. The number of nitrogens with zero attached hydrogens (tertiary/aromatic N) is 2. The maximum absolute atomic E-state index is 5.01. The van der Waals surface area contributed by atoms with E-state index >= 15 is 0 Å². The normalized spacial score (nSPS) is 12.1. The highest BCUT2D eigenvalue weighted by Crippen LogP contribution is 2.08. The zero-order chi connectivity index (χ0) is 12.5. The van der Waals surface area contributed by atoms with E-state index in [-0.39, 0.29) is 0 Å². The molecule has 0 aliphatic rings. The molecule has 18 heavy (non-hydrogen) atoms. The maximum atomic E-state index is 5.01. The van der Waals surface area contributed by atoms with E-state index in [1.54, 1.807) is 6.20 Å². The fourth-order valence-electron chi connectivity index (χ4n) is 1.76. The zero-order valence-electron chi connectivity index (χ0n) is 9.47. The number of aromatic nitrogens is 4. The van der Waals surface area contributed by atoms with Crippen molar-refractivity contribution < 1.29 is 0 Å². The van der Waals surface area contributed by atoms with E-state index in [2.05, 4.69) is 26.5 Å². The quantitative estimate of drug-likeness (QED) is 0.643. The first kappa shape index (κ1) is 10.9. The Bertz CT molecular complexity index is 876. The molecule has 3 heterocycles. The number of fused-ring (bicyclic) bond motifs is 1.